The number of aromatic nitrogens is 1. The first-order valence-electron chi connectivity index (χ1n) is 6.16. The minimum absolute atomic E-state index is 0.300. The molecule has 3 aromatic rings. The molecule has 0 amide bonds. The van der Waals surface area contributed by atoms with Crippen molar-refractivity contribution < 1.29 is 8.63 Å². The topological polar surface area (TPSA) is 43.1 Å². The van der Waals surface area contributed by atoms with Crippen LogP contribution in [0.4, 0.5) is 0 Å². The van der Waals surface area contributed by atoms with Crippen molar-refractivity contribution in [3.8, 4) is 10.6 Å². The molecule has 0 unspecified atom stereocenters. The Morgan fingerprint density at radius 3 is 2.95 bits per heavy atom. The second kappa shape index (κ2) is 5.73. The molecule has 102 valence electrons. The number of benzene rings is 1. The van der Waals surface area contributed by atoms with E-state index in [0.29, 0.717) is 11.6 Å². The van der Waals surface area contributed by atoms with E-state index >= 15 is 0 Å². The zero-order chi connectivity index (χ0) is 13.9. The van der Waals surface area contributed by atoms with Gasteiger partial charge in [-0.3, -0.25) is 4.21 Å². The summed E-state index contributed by atoms with van der Waals surface area (Å²) >= 11 is 1.60. The summed E-state index contributed by atoms with van der Waals surface area (Å²) in [5.74, 6) is 1.54. The van der Waals surface area contributed by atoms with Gasteiger partial charge in [0.05, 0.1) is 21.9 Å². The van der Waals surface area contributed by atoms with Crippen LogP contribution in [0, 0.1) is 6.92 Å². The standard InChI is InChI=1S/C15H13NO2S2/c1-11-4-2-5-12(8-11)20(17)10-15-16-9-13(18-15)14-6-3-7-19-14/h2-9H,10H2,1H3/t20-/m1/s1. The highest BCUT2D eigenvalue weighted by Gasteiger charge is 2.12. The van der Waals surface area contributed by atoms with Gasteiger partial charge in [0.1, 0.15) is 5.75 Å². The molecule has 0 aliphatic rings. The maximum atomic E-state index is 12.3. The highest BCUT2D eigenvalue weighted by molar-refractivity contribution is 7.84. The zero-order valence-corrected chi connectivity index (χ0v) is 12.5. The molecule has 3 rings (SSSR count). The molecule has 0 N–H and O–H groups in total. The van der Waals surface area contributed by atoms with E-state index in [2.05, 4.69) is 4.98 Å². The molecule has 0 radical (unpaired) electrons. The fourth-order valence-electron chi connectivity index (χ4n) is 1.86. The lowest BCUT2D eigenvalue weighted by Gasteiger charge is -2.00. The fourth-order valence-corrected chi connectivity index (χ4v) is 3.61. The molecule has 3 nitrogen and oxygen atoms in total. The van der Waals surface area contributed by atoms with E-state index in [0.717, 1.165) is 21.1 Å². The van der Waals surface area contributed by atoms with Crippen molar-refractivity contribution >= 4 is 22.1 Å². The first-order valence-corrected chi connectivity index (χ1v) is 8.36. The molecule has 0 fully saturated rings. The molecule has 20 heavy (non-hydrogen) atoms. The van der Waals surface area contributed by atoms with Gasteiger partial charge in [0.15, 0.2) is 5.76 Å². The number of thiophene rings is 1. The molecule has 0 saturated heterocycles. The highest BCUT2D eigenvalue weighted by Crippen LogP contribution is 2.26. The minimum Gasteiger partial charge on any atom is -0.439 e. The van der Waals surface area contributed by atoms with Crippen molar-refractivity contribution in [2.45, 2.75) is 17.6 Å². The lowest BCUT2D eigenvalue weighted by atomic mass is 10.2. The van der Waals surface area contributed by atoms with Gasteiger partial charge in [-0.25, -0.2) is 4.98 Å². The number of nitrogens with zero attached hydrogens (tertiary/aromatic N) is 1. The molecule has 1 atom stereocenters. The molecule has 1 aromatic carbocycles. The van der Waals surface area contributed by atoms with Crippen LogP contribution in [-0.2, 0) is 16.6 Å². The largest absolute Gasteiger partial charge is 0.439 e. The molecule has 5 heteroatoms. The predicted octanol–water partition coefficient (Wildman–Crippen LogP) is 4.02. The molecule has 0 spiro atoms. The third-order valence-electron chi connectivity index (χ3n) is 2.82. The van der Waals surface area contributed by atoms with Gasteiger partial charge >= 0.3 is 0 Å². The summed E-state index contributed by atoms with van der Waals surface area (Å²) in [7, 11) is -1.13. The van der Waals surface area contributed by atoms with Gasteiger partial charge in [-0.2, -0.15) is 0 Å². The maximum Gasteiger partial charge on any atom is 0.207 e. The Hall–Kier alpha value is -1.72. The Labute approximate surface area is 123 Å². The van der Waals surface area contributed by atoms with Gasteiger partial charge in [-0.15, -0.1) is 11.3 Å². The SMILES string of the molecule is Cc1cccc([S@](=O)Cc2ncc(-c3cccs3)o2)c1. The van der Waals surface area contributed by atoms with Crippen LogP contribution in [0.15, 0.2) is 57.3 Å². The molecule has 0 aliphatic carbocycles. The van der Waals surface area contributed by atoms with Crippen molar-refractivity contribution in [3.05, 3.63) is 59.4 Å². The Balaban J connectivity index is 1.77. The summed E-state index contributed by atoms with van der Waals surface area (Å²) in [5, 5.41) is 1.99. The summed E-state index contributed by atoms with van der Waals surface area (Å²) in [4.78, 5) is 6.05. The van der Waals surface area contributed by atoms with Crippen molar-refractivity contribution in [2.24, 2.45) is 0 Å². The number of rotatable bonds is 4. The van der Waals surface area contributed by atoms with E-state index in [1.807, 2.05) is 48.7 Å². The number of hydrogen-bond donors (Lipinski definition) is 0. The van der Waals surface area contributed by atoms with Gasteiger partial charge in [0, 0.05) is 4.90 Å². The minimum atomic E-state index is -1.13. The fraction of sp³-hybridized carbons (Fsp3) is 0.133. The third kappa shape index (κ3) is 2.89. The summed E-state index contributed by atoms with van der Waals surface area (Å²) < 4.78 is 17.9. The van der Waals surface area contributed by atoms with Crippen molar-refractivity contribution in [1.29, 1.82) is 0 Å². The van der Waals surface area contributed by atoms with Crippen LogP contribution in [0.3, 0.4) is 0 Å². The van der Waals surface area contributed by atoms with Gasteiger partial charge in [0.2, 0.25) is 5.89 Å². The predicted molar refractivity (Wildman–Crippen MR) is 81.1 cm³/mol. The second-order valence-electron chi connectivity index (χ2n) is 4.40. The first-order chi connectivity index (χ1) is 9.72. The maximum absolute atomic E-state index is 12.3. The number of oxazole rings is 1. The van der Waals surface area contributed by atoms with Crippen LogP contribution >= 0.6 is 11.3 Å². The Kier molecular flexibility index (Phi) is 3.80. The molecule has 0 aliphatic heterocycles. The van der Waals surface area contributed by atoms with Crippen LogP contribution in [0.5, 0.6) is 0 Å². The summed E-state index contributed by atoms with van der Waals surface area (Å²) in [5.41, 5.74) is 1.10. The lowest BCUT2D eigenvalue weighted by molar-refractivity contribution is 0.528. The Morgan fingerprint density at radius 2 is 2.20 bits per heavy atom. The summed E-state index contributed by atoms with van der Waals surface area (Å²) in [6.45, 7) is 1.99. The molecule has 0 bridgehead atoms. The van der Waals surface area contributed by atoms with Gasteiger partial charge in [-0.1, -0.05) is 18.2 Å². The third-order valence-corrected chi connectivity index (χ3v) is 5.00. The van der Waals surface area contributed by atoms with Crippen molar-refractivity contribution in [2.75, 3.05) is 0 Å². The Bertz CT molecular complexity index is 732. The monoisotopic (exact) mass is 303 g/mol. The van der Waals surface area contributed by atoms with Gasteiger partial charge in [0.25, 0.3) is 0 Å². The van der Waals surface area contributed by atoms with Gasteiger partial charge < -0.3 is 4.42 Å². The van der Waals surface area contributed by atoms with Crippen molar-refractivity contribution in [3.63, 3.8) is 0 Å². The van der Waals surface area contributed by atoms with Crippen LogP contribution in [0.1, 0.15) is 11.5 Å². The summed E-state index contributed by atoms with van der Waals surface area (Å²) in [6.07, 6.45) is 1.69. The van der Waals surface area contributed by atoms with E-state index in [9.17, 15) is 4.21 Å². The molecular formula is C15H13NO2S2. The first kappa shape index (κ1) is 13.3. The molecule has 2 heterocycles. The number of aryl methyl sites for hydroxylation is 1. The van der Waals surface area contributed by atoms with Crippen LogP contribution in [-0.4, -0.2) is 9.19 Å². The molecular weight excluding hydrogens is 290 g/mol. The highest BCUT2D eigenvalue weighted by atomic mass is 32.2. The average molecular weight is 303 g/mol. The average Bonchev–Trinajstić information content (AvgIpc) is 3.08. The molecule has 0 saturated carbocycles. The van der Waals surface area contributed by atoms with E-state index in [1.54, 1.807) is 17.5 Å². The van der Waals surface area contributed by atoms with E-state index in [1.165, 1.54) is 0 Å². The normalized spacial score (nSPS) is 12.4. The van der Waals surface area contributed by atoms with E-state index in [4.69, 9.17) is 4.42 Å². The smallest absolute Gasteiger partial charge is 0.207 e. The summed E-state index contributed by atoms with van der Waals surface area (Å²) in [6, 6.07) is 11.6. The van der Waals surface area contributed by atoms with E-state index in [-0.39, 0.29) is 0 Å². The lowest BCUT2D eigenvalue weighted by Crippen LogP contribution is -1.96. The zero-order valence-electron chi connectivity index (χ0n) is 10.9. The quantitative estimate of drug-likeness (QED) is 0.731. The second-order valence-corrected chi connectivity index (χ2v) is 6.80. The Morgan fingerprint density at radius 1 is 1.30 bits per heavy atom. The number of hydrogen-bond acceptors (Lipinski definition) is 4. The van der Waals surface area contributed by atoms with Crippen LogP contribution in [0.25, 0.3) is 10.6 Å². The van der Waals surface area contributed by atoms with Crippen LogP contribution < -0.4 is 0 Å². The van der Waals surface area contributed by atoms with E-state index < -0.39 is 10.8 Å². The molecule has 2 aromatic heterocycles. The van der Waals surface area contributed by atoms with Gasteiger partial charge in [-0.05, 0) is 36.1 Å². The van der Waals surface area contributed by atoms with Crippen LogP contribution in [0.2, 0.25) is 0 Å². The van der Waals surface area contributed by atoms with Crippen molar-refractivity contribution in [1.82, 2.24) is 4.98 Å².